The van der Waals surface area contributed by atoms with Gasteiger partial charge in [0.25, 0.3) is 0 Å². The number of hydrogen-bond donors (Lipinski definition) is 0. The highest BCUT2D eigenvalue weighted by atomic mass is 32.1. The number of rotatable bonds is 2. The van der Waals surface area contributed by atoms with E-state index in [1.54, 1.807) is 0 Å². The lowest BCUT2D eigenvalue weighted by atomic mass is 9.96. The molecule has 1 aromatic heterocycles. The maximum Gasteiger partial charge on any atom is 0.0302 e. The second kappa shape index (κ2) is 3.67. The molecular weight excluding hydrogens is 200 g/mol. The zero-order valence-corrected chi connectivity index (χ0v) is 9.15. The van der Waals surface area contributed by atoms with Gasteiger partial charge in [-0.1, -0.05) is 48.6 Å². The summed E-state index contributed by atoms with van der Waals surface area (Å²) in [6, 6.07) is 2.25. The van der Waals surface area contributed by atoms with Gasteiger partial charge in [0.15, 0.2) is 0 Å². The first-order valence-corrected chi connectivity index (χ1v) is 6.10. The Kier molecular flexibility index (Phi) is 2.18. The minimum atomic E-state index is 0.494. The van der Waals surface area contributed by atoms with E-state index in [1.807, 2.05) is 11.3 Å². The minimum absolute atomic E-state index is 0.494. The van der Waals surface area contributed by atoms with Crippen molar-refractivity contribution in [2.75, 3.05) is 0 Å². The van der Waals surface area contributed by atoms with Crippen molar-refractivity contribution in [1.29, 1.82) is 0 Å². The van der Waals surface area contributed by atoms with Crippen LogP contribution in [0.4, 0.5) is 0 Å². The van der Waals surface area contributed by atoms with Gasteiger partial charge >= 0.3 is 0 Å². The third-order valence-electron chi connectivity index (χ3n) is 2.89. The van der Waals surface area contributed by atoms with Gasteiger partial charge in [0.05, 0.1) is 0 Å². The average Bonchev–Trinajstić information content (AvgIpc) is 3.01. The van der Waals surface area contributed by atoms with Crippen LogP contribution in [0.25, 0.3) is 0 Å². The summed E-state index contributed by atoms with van der Waals surface area (Å²) in [5.74, 6) is 0.996. The number of hydrogen-bond acceptors (Lipinski definition) is 1. The molecule has 0 bridgehead atoms. The lowest BCUT2D eigenvalue weighted by molar-refractivity contribution is 1.03. The third-order valence-corrected chi connectivity index (χ3v) is 3.92. The van der Waals surface area contributed by atoms with Crippen LogP contribution in [-0.4, -0.2) is 0 Å². The van der Waals surface area contributed by atoms with Crippen LogP contribution < -0.4 is 0 Å². The molecule has 15 heavy (non-hydrogen) atoms. The monoisotopic (exact) mass is 212 g/mol. The summed E-state index contributed by atoms with van der Waals surface area (Å²) in [5, 5.41) is 2.20. The third kappa shape index (κ3) is 1.53. The van der Waals surface area contributed by atoms with Crippen LogP contribution in [0.1, 0.15) is 22.3 Å². The van der Waals surface area contributed by atoms with Crippen molar-refractivity contribution in [3.8, 4) is 0 Å². The van der Waals surface area contributed by atoms with Crippen LogP contribution in [0.2, 0.25) is 0 Å². The highest BCUT2D eigenvalue weighted by Gasteiger charge is 2.18. The molecule has 1 heterocycles. The Balaban J connectivity index is 1.98. The highest BCUT2D eigenvalue weighted by Crippen LogP contribution is 2.36. The average molecular weight is 212 g/mol. The predicted molar refractivity (Wildman–Crippen MR) is 66.4 cm³/mol. The van der Waals surface area contributed by atoms with Gasteiger partial charge in [-0.3, -0.25) is 0 Å². The van der Waals surface area contributed by atoms with E-state index in [9.17, 15) is 0 Å². The molecule has 0 saturated carbocycles. The molecule has 74 valence electrons. The van der Waals surface area contributed by atoms with Crippen molar-refractivity contribution < 1.29 is 0 Å². The smallest absolute Gasteiger partial charge is 0.0302 e. The lowest BCUT2D eigenvalue weighted by Gasteiger charge is -2.10. The fourth-order valence-corrected chi connectivity index (χ4v) is 3.14. The molecule has 3 rings (SSSR count). The topological polar surface area (TPSA) is 0 Å². The summed E-state index contributed by atoms with van der Waals surface area (Å²) >= 11 is 1.86. The van der Waals surface area contributed by atoms with Gasteiger partial charge < -0.3 is 0 Å². The Hall–Kier alpha value is -1.34. The molecule has 0 amide bonds. The van der Waals surface area contributed by atoms with Gasteiger partial charge in [-0.05, 0) is 17.0 Å². The van der Waals surface area contributed by atoms with Crippen LogP contribution in [0.3, 0.4) is 0 Å². The van der Waals surface area contributed by atoms with E-state index in [-0.39, 0.29) is 0 Å². The molecule has 0 spiro atoms. The Labute approximate surface area is 94.0 Å². The maximum absolute atomic E-state index is 2.26. The highest BCUT2D eigenvalue weighted by molar-refractivity contribution is 7.10. The fraction of sp³-hybridized carbons (Fsp3) is 0.143. The fourth-order valence-electron chi connectivity index (χ4n) is 2.12. The summed E-state index contributed by atoms with van der Waals surface area (Å²) < 4.78 is 0. The molecule has 1 aromatic rings. The summed E-state index contributed by atoms with van der Waals surface area (Å²) in [5.41, 5.74) is 1.46. The van der Waals surface area contributed by atoms with Gasteiger partial charge in [0.1, 0.15) is 0 Å². The predicted octanol–water partition coefficient (Wildman–Crippen LogP) is 4.17. The molecule has 0 saturated heterocycles. The van der Waals surface area contributed by atoms with Crippen molar-refractivity contribution in [3.63, 3.8) is 0 Å². The van der Waals surface area contributed by atoms with E-state index >= 15 is 0 Å². The largest absolute Gasteiger partial charge is 0.148 e. The van der Waals surface area contributed by atoms with Crippen LogP contribution in [-0.2, 0) is 0 Å². The van der Waals surface area contributed by atoms with E-state index in [0.29, 0.717) is 11.8 Å². The van der Waals surface area contributed by atoms with Crippen molar-refractivity contribution in [2.45, 2.75) is 11.8 Å². The molecule has 2 aliphatic carbocycles. The van der Waals surface area contributed by atoms with Crippen LogP contribution >= 0.6 is 11.3 Å². The van der Waals surface area contributed by atoms with Gasteiger partial charge in [0, 0.05) is 16.7 Å². The van der Waals surface area contributed by atoms with Crippen molar-refractivity contribution in [1.82, 2.24) is 0 Å². The summed E-state index contributed by atoms with van der Waals surface area (Å²) in [7, 11) is 0. The molecule has 1 heteroatoms. The van der Waals surface area contributed by atoms with Crippen molar-refractivity contribution in [3.05, 3.63) is 70.5 Å². The molecule has 0 atom stereocenters. The summed E-state index contributed by atoms with van der Waals surface area (Å²) in [4.78, 5) is 1.49. The number of thiophene rings is 1. The molecule has 0 unspecified atom stereocenters. The second-order valence-electron chi connectivity index (χ2n) is 3.83. The number of allylic oxidation sites excluding steroid dienone is 8. The zero-order chi connectivity index (χ0) is 10.1. The SMILES string of the molecule is C1=CC(c2ccsc2C2C=CC=C2)C=C1. The Morgan fingerprint density at radius 3 is 2.07 bits per heavy atom. The Morgan fingerprint density at radius 1 is 0.800 bits per heavy atom. The molecule has 0 N–H and O–H groups in total. The summed E-state index contributed by atoms with van der Waals surface area (Å²) in [6.45, 7) is 0. The van der Waals surface area contributed by atoms with Crippen molar-refractivity contribution >= 4 is 11.3 Å². The molecule has 0 radical (unpaired) electrons. The van der Waals surface area contributed by atoms with Gasteiger partial charge in [-0.15, -0.1) is 11.3 Å². The first kappa shape index (κ1) is 8.93. The Bertz CT molecular complexity index is 405. The van der Waals surface area contributed by atoms with Gasteiger partial charge in [-0.25, -0.2) is 0 Å². The molecule has 0 aliphatic heterocycles. The molecule has 0 nitrogen and oxygen atoms in total. The molecular formula is C14H12S. The lowest BCUT2D eigenvalue weighted by Crippen LogP contribution is -1.94. The van der Waals surface area contributed by atoms with Gasteiger partial charge in [-0.2, -0.15) is 0 Å². The van der Waals surface area contributed by atoms with Crippen LogP contribution in [0, 0.1) is 0 Å². The zero-order valence-electron chi connectivity index (χ0n) is 8.34. The Morgan fingerprint density at radius 2 is 1.40 bits per heavy atom. The standard InChI is InChI=1S/C14H12S/c1-2-6-11(5-1)13-9-10-15-14(13)12-7-3-4-8-12/h1-12H. The van der Waals surface area contributed by atoms with Crippen LogP contribution in [0.15, 0.2) is 60.1 Å². The van der Waals surface area contributed by atoms with E-state index in [4.69, 9.17) is 0 Å². The van der Waals surface area contributed by atoms with Crippen LogP contribution in [0.5, 0.6) is 0 Å². The van der Waals surface area contributed by atoms with E-state index in [2.05, 4.69) is 60.1 Å². The molecule has 2 aliphatic rings. The maximum atomic E-state index is 2.26. The minimum Gasteiger partial charge on any atom is -0.148 e. The molecule has 0 fully saturated rings. The second-order valence-corrected chi connectivity index (χ2v) is 4.78. The van der Waals surface area contributed by atoms with E-state index in [1.165, 1.54) is 10.4 Å². The summed E-state index contributed by atoms with van der Waals surface area (Å²) in [6.07, 6.45) is 17.6. The first-order chi connectivity index (χ1) is 7.45. The molecule has 0 aromatic carbocycles. The van der Waals surface area contributed by atoms with E-state index in [0.717, 1.165) is 0 Å². The normalized spacial score (nSPS) is 19.7. The first-order valence-electron chi connectivity index (χ1n) is 5.22. The van der Waals surface area contributed by atoms with Crippen molar-refractivity contribution in [2.24, 2.45) is 0 Å². The van der Waals surface area contributed by atoms with Gasteiger partial charge in [0.2, 0.25) is 0 Å². The quantitative estimate of drug-likeness (QED) is 0.690. The van der Waals surface area contributed by atoms with E-state index < -0.39 is 0 Å².